The second-order valence-corrected chi connectivity index (χ2v) is 5.39. The zero-order valence-electron chi connectivity index (χ0n) is 9.34. The van der Waals surface area contributed by atoms with E-state index < -0.39 is 0 Å². The average Bonchev–Trinajstić information content (AvgIpc) is 2.43. The Morgan fingerprint density at radius 1 is 1.43 bits per heavy atom. The van der Waals surface area contributed by atoms with Crippen LogP contribution in [0.1, 0.15) is 40.0 Å². The van der Waals surface area contributed by atoms with Gasteiger partial charge in [0, 0.05) is 0 Å². The van der Waals surface area contributed by atoms with Crippen LogP contribution in [-0.4, -0.2) is 23.4 Å². The molecule has 0 unspecified atom stereocenters. The number of aliphatic hydroxyl groups is 1. The molecule has 0 aromatic carbocycles. The molecule has 1 aliphatic heterocycles. The number of aliphatic hydroxyl groups excluding tert-OH is 1. The normalized spacial score (nSPS) is 40.6. The number of fused-ring (bicyclic) bond motifs is 1. The Hall–Kier alpha value is -0.340. The summed E-state index contributed by atoms with van der Waals surface area (Å²) in [4.78, 5) is 0. The van der Waals surface area contributed by atoms with E-state index >= 15 is 0 Å². The van der Waals surface area contributed by atoms with E-state index in [1.807, 2.05) is 0 Å². The van der Waals surface area contributed by atoms with Gasteiger partial charge in [0.05, 0.1) is 12.2 Å². The average molecular weight is 196 g/mol. The Labute approximate surface area is 86.0 Å². The van der Waals surface area contributed by atoms with Crippen molar-refractivity contribution in [2.75, 3.05) is 6.61 Å². The van der Waals surface area contributed by atoms with Crippen LogP contribution in [0.5, 0.6) is 0 Å². The van der Waals surface area contributed by atoms with E-state index in [0.29, 0.717) is 0 Å². The smallest absolute Gasteiger partial charge is 0.100 e. The highest BCUT2D eigenvalue weighted by molar-refractivity contribution is 5.30. The molecule has 2 heteroatoms. The van der Waals surface area contributed by atoms with Crippen LogP contribution in [0.4, 0.5) is 0 Å². The quantitative estimate of drug-likeness (QED) is 0.652. The fraction of sp³-hybridized carbons (Fsp3) is 0.833. The van der Waals surface area contributed by atoms with E-state index in [2.05, 4.69) is 26.8 Å². The molecule has 14 heavy (non-hydrogen) atoms. The highest BCUT2D eigenvalue weighted by Crippen LogP contribution is 2.50. The largest absolute Gasteiger partial charge is 0.393 e. The minimum absolute atomic E-state index is 0.0765. The van der Waals surface area contributed by atoms with Gasteiger partial charge in [-0.25, -0.2) is 0 Å². The molecule has 2 rings (SSSR count). The summed E-state index contributed by atoms with van der Waals surface area (Å²) >= 11 is 0. The summed E-state index contributed by atoms with van der Waals surface area (Å²) < 4.78 is 5.90. The van der Waals surface area contributed by atoms with Crippen molar-refractivity contribution in [3.8, 4) is 0 Å². The van der Waals surface area contributed by atoms with Gasteiger partial charge in [0.2, 0.25) is 0 Å². The number of rotatable bonds is 1. The summed E-state index contributed by atoms with van der Waals surface area (Å²) in [6.07, 6.45) is 5.61. The molecule has 80 valence electrons. The number of ether oxygens (including phenoxy) is 1. The summed E-state index contributed by atoms with van der Waals surface area (Å²) in [5, 5.41) is 9.13. The molecule has 1 N–H and O–H groups in total. The van der Waals surface area contributed by atoms with Crippen molar-refractivity contribution in [2.24, 2.45) is 5.41 Å². The van der Waals surface area contributed by atoms with Gasteiger partial charge in [-0.2, -0.15) is 0 Å². The van der Waals surface area contributed by atoms with Crippen LogP contribution in [0.25, 0.3) is 0 Å². The third kappa shape index (κ3) is 1.41. The maximum absolute atomic E-state index is 9.13. The first-order valence-electron chi connectivity index (χ1n) is 5.49. The molecular formula is C12H20O2. The Balaban J connectivity index is 2.32. The van der Waals surface area contributed by atoms with Crippen molar-refractivity contribution in [2.45, 2.75) is 51.7 Å². The zero-order valence-corrected chi connectivity index (χ0v) is 9.34. The van der Waals surface area contributed by atoms with Gasteiger partial charge in [-0.15, -0.1) is 0 Å². The molecule has 2 aliphatic rings. The molecule has 0 aromatic rings. The van der Waals surface area contributed by atoms with Gasteiger partial charge in [0.25, 0.3) is 0 Å². The van der Waals surface area contributed by atoms with E-state index in [4.69, 9.17) is 9.84 Å². The number of hydrogen-bond acceptors (Lipinski definition) is 2. The maximum atomic E-state index is 9.13. The predicted molar refractivity (Wildman–Crippen MR) is 56.1 cm³/mol. The van der Waals surface area contributed by atoms with Gasteiger partial charge in [0.15, 0.2) is 0 Å². The molecule has 1 heterocycles. The van der Waals surface area contributed by atoms with E-state index in [1.165, 1.54) is 18.4 Å². The molecule has 1 aliphatic carbocycles. The van der Waals surface area contributed by atoms with Gasteiger partial charge in [0.1, 0.15) is 6.10 Å². The van der Waals surface area contributed by atoms with Crippen LogP contribution in [0.3, 0.4) is 0 Å². The van der Waals surface area contributed by atoms with Crippen molar-refractivity contribution in [1.82, 2.24) is 0 Å². The minimum Gasteiger partial charge on any atom is -0.393 e. The van der Waals surface area contributed by atoms with Gasteiger partial charge >= 0.3 is 0 Å². The fourth-order valence-corrected chi connectivity index (χ4v) is 3.02. The lowest BCUT2D eigenvalue weighted by Crippen LogP contribution is -2.39. The van der Waals surface area contributed by atoms with E-state index in [0.717, 1.165) is 6.42 Å². The monoisotopic (exact) mass is 196 g/mol. The van der Waals surface area contributed by atoms with Crippen LogP contribution < -0.4 is 0 Å². The molecule has 2 nitrogen and oxygen atoms in total. The lowest BCUT2D eigenvalue weighted by Gasteiger charge is -2.42. The highest BCUT2D eigenvalue weighted by Gasteiger charge is 2.47. The Morgan fingerprint density at radius 3 is 2.71 bits per heavy atom. The van der Waals surface area contributed by atoms with Crippen molar-refractivity contribution in [3.63, 3.8) is 0 Å². The fourth-order valence-electron chi connectivity index (χ4n) is 3.02. The van der Waals surface area contributed by atoms with Crippen LogP contribution in [0, 0.1) is 5.41 Å². The minimum atomic E-state index is -0.102. The highest BCUT2D eigenvalue weighted by atomic mass is 16.5. The summed E-state index contributed by atoms with van der Waals surface area (Å²) in [5.74, 6) is 0. The Morgan fingerprint density at radius 2 is 2.14 bits per heavy atom. The van der Waals surface area contributed by atoms with Crippen LogP contribution >= 0.6 is 0 Å². The standard InChI is InChI=1S/C12H20O2/c1-11(2)5-4-6-12(3)10(11)7-9(8-13)14-12/h7,9,13H,4-6,8H2,1-3H3/t9-,12+/m1/s1. The third-order valence-electron chi connectivity index (χ3n) is 3.70. The molecular weight excluding hydrogens is 176 g/mol. The first-order valence-corrected chi connectivity index (χ1v) is 5.49. The molecule has 0 aromatic heterocycles. The molecule has 2 atom stereocenters. The SMILES string of the molecule is CC1(C)CCC[C@]2(C)O[C@@H](CO)C=C12. The summed E-state index contributed by atoms with van der Waals surface area (Å²) in [6, 6.07) is 0. The first kappa shape index (κ1) is 10.2. The lowest BCUT2D eigenvalue weighted by atomic mass is 9.67. The molecule has 0 saturated heterocycles. The Kier molecular flexibility index (Phi) is 2.24. The van der Waals surface area contributed by atoms with Crippen LogP contribution in [0.15, 0.2) is 11.6 Å². The second-order valence-electron chi connectivity index (χ2n) is 5.39. The first-order chi connectivity index (χ1) is 6.48. The molecule has 0 amide bonds. The summed E-state index contributed by atoms with van der Waals surface area (Å²) in [5.41, 5.74) is 1.54. The van der Waals surface area contributed by atoms with Crippen molar-refractivity contribution >= 4 is 0 Å². The molecule has 1 saturated carbocycles. The lowest BCUT2D eigenvalue weighted by molar-refractivity contribution is -0.0590. The molecule has 0 radical (unpaired) electrons. The Bertz CT molecular complexity index is 267. The van der Waals surface area contributed by atoms with E-state index in [-0.39, 0.29) is 23.7 Å². The summed E-state index contributed by atoms with van der Waals surface area (Å²) in [6.45, 7) is 6.82. The number of hydrogen-bond donors (Lipinski definition) is 1. The van der Waals surface area contributed by atoms with E-state index in [1.54, 1.807) is 0 Å². The van der Waals surface area contributed by atoms with Crippen molar-refractivity contribution < 1.29 is 9.84 Å². The van der Waals surface area contributed by atoms with Crippen LogP contribution in [-0.2, 0) is 4.74 Å². The van der Waals surface area contributed by atoms with Gasteiger partial charge in [-0.3, -0.25) is 0 Å². The van der Waals surface area contributed by atoms with Gasteiger partial charge in [-0.05, 0) is 37.2 Å². The van der Waals surface area contributed by atoms with Crippen molar-refractivity contribution in [3.05, 3.63) is 11.6 Å². The molecule has 0 bridgehead atoms. The van der Waals surface area contributed by atoms with Gasteiger partial charge in [-0.1, -0.05) is 19.9 Å². The molecule has 1 fully saturated rings. The van der Waals surface area contributed by atoms with Gasteiger partial charge < -0.3 is 9.84 Å². The molecule has 0 spiro atoms. The topological polar surface area (TPSA) is 29.5 Å². The van der Waals surface area contributed by atoms with Crippen molar-refractivity contribution in [1.29, 1.82) is 0 Å². The zero-order chi connectivity index (χ0) is 10.4. The second kappa shape index (κ2) is 3.07. The maximum Gasteiger partial charge on any atom is 0.100 e. The third-order valence-corrected chi connectivity index (χ3v) is 3.70. The predicted octanol–water partition coefficient (Wildman–Crippen LogP) is 2.27. The summed E-state index contributed by atoms with van der Waals surface area (Å²) in [7, 11) is 0. The van der Waals surface area contributed by atoms with E-state index in [9.17, 15) is 0 Å². The van der Waals surface area contributed by atoms with Crippen LogP contribution in [0.2, 0.25) is 0 Å².